The number of phosphoric acid groups is 1. The average Bonchev–Trinajstić information content (AvgIpc) is 3.44. The van der Waals surface area contributed by atoms with Gasteiger partial charge in [-0.05, 0) is 24.1 Å². The summed E-state index contributed by atoms with van der Waals surface area (Å²) >= 11 is 6.03. The molecule has 15 heteroatoms. The number of carbonyl (C=O) groups is 1. The van der Waals surface area contributed by atoms with Gasteiger partial charge in [0.15, 0.2) is 11.2 Å². The molecule has 1 aliphatic carbocycles. The molecule has 0 bridgehead atoms. The van der Waals surface area contributed by atoms with Crippen LogP contribution in [-0.2, 0) is 27.7 Å². The fraction of sp³-hybridized carbons (Fsp3) is 0.520. The zero-order valence-electron chi connectivity index (χ0n) is 22.1. The molecule has 40 heavy (non-hydrogen) atoms. The number of aromatic nitrogens is 4. The highest BCUT2D eigenvalue weighted by molar-refractivity contribution is 7.48. The molecule has 3 aromatic rings. The number of benzene rings is 1. The molecule has 1 unspecified atom stereocenters. The maximum atomic E-state index is 14.5. The van der Waals surface area contributed by atoms with Crippen LogP contribution in [0.5, 0.6) is 0 Å². The van der Waals surface area contributed by atoms with E-state index in [-0.39, 0.29) is 54.5 Å². The number of anilines is 1. The number of nitrogen functional groups attached to an aromatic ring is 1. The van der Waals surface area contributed by atoms with Crippen molar-refractivity contribution in [2.75, 3.05) is 18.9 Å². The quantitative estimate of drug-likeness (QED) is 0.292. The van der Waals surface area contributed by atoms with E-state index < -0.39 is 43.3 Å². The van der Waals surface area contributed by atoms with E-state index in [1.165, 1.54) is 24.5 Å². The second-order valence-electron chi connectivity index (χ2n) is 10.4. The van der Waals surface area contributed by atoms with E-state index in [1.807, 2.05) is 6.92 Å². The van der Waals surface area contributed by atoms with E-state index in [9.17, 15) is 18.5 Å². The number of H-pyrrole nitrogens is 1. The number of hydrogen-bond donors (Lipinski definition) is 2. The van der Waals surface area contributed by atoms with Crippen LogP contribution >= 0.6 is 19.4 Å². The Balaban J connectivity index is 1.38. The molecule has 0 spiro atoms. The van der Waals surface area contributed by atoms with Crippen molar-refractivity contribution in [2.24, 2.45) is 17.8 Å². The molecule has 0 amide bonds. The number of halogens is 2. The molecule has 2 aliphatic rings. The van der Waals surface area contributed by atoms with Gasteiger partial charge in [-0.3, -0.25) is 28.1 Å². The fourth-order valence-corrected chi connectivity index (χ4v) is 6.80. The fourth-order valence-electron chi connectivity index (χ4n) is 5.21. The minimum absolute atomic E-state index is 0.0190. The molecule has 2 aromatic heterocycles. The molecule has 216 valence electrons. The summed E-state index contributed by atoms with van der Waals surface area (Å²) in [6.45, 7) is 5.25. The van der Waals surface area contributed by atoms with Gasteiger partial charge < -0.3 is 15.0 Å². The lowest BCUT2D eigenvalue weighted by atomic mass is 9.95. The van der Waals surface area contributed by atoms with Crippen LogP contribution in [-0.4, -0.2) is 44.8 Å². The van der Waals surface area contributed by atoms with Crippen molar-refractivity contribution in [1.82, 2.24) is 19.5 Å². The summed E-state index contributed by atoms with van der Waals surface area (Å²) in [4.78, 5) is 35.8. The van der Waals surface area contributed by atoms with Crippen LogP contribution in [0.4, 0.5) is 10.3 Å². The van der Waals surface area contributed by atoms with Crippen LogP contribution in [0.3, 0.4) is 0 Å². The summed E-state index contributed by atoms with van der Waals surface area (Å²) in [7, 11) is -4.10. The van der Waals surface area contributed by atoms with Crippen LogP contribution < -0.4 is 11.3 Å². The van der Waals surface area contributed by atoms with E-state index in [0.717, 1.165) is 0 Å². The van der Waals surface area contributed by atoms with E-state index in [2.05, 4.69) is 15.0 Å². The number of esters is 1. The molecule has 5 rings (SSSR count). The second-order valence-corrected chi connectivity index (χ2v) is 12.4. The van der Waals surface area contributed by atoms with E-state index in [1.54, 1.807) is 18.4 Å². The van der Waals surface area contributed by atoms with Crippen molar-refractivity contribution in [2.45, 2.75) is 51.9 Å². The van der Waals surface area contributed by atoms with Crippen LogP contribution in [0.2, 0.25) is 5.02 Å². The number of hydrogen-bond acceptors (Lipinski definition) is 10. The molecule has 1 saturated carbocycles. The van der Waals surface area contributed by atoms with Crippen LogP contribution in [0.25, 0.3) is 11.2 Å². The Labute approximate surface area is 233 Å². The molecule has 1 saturated heterocycles. The van der Waals surface area contributed by atoms with Gasteiger partial charge in [-0.25, -0.2) is 13.9 Å². The number of imidazole rings is 1. The molecule has 12 nitrogen and oxygen atoms in total. The number of ether oxygens (including phenoxy) is 1. The number of phosphoric ester groups is 1. The van der Waals surface area contributed by atoms with Gasteiger partial charge in [-0.2, -0.15) is 4.98 Å². The molecule has 3 heterocycles. The summed E-state index contributed by atoms with van der Waals surface area (Å²) in [5, 5.41) is 0.313. The largest absolute Gasteiger partial charge is 0.475 e. The lowest BCUT2D eigenvalue weighted by Crippen LogP contribution is -2.30. The predicted molar refractivity (Wildman–Crippen MR) is 143 cm³/mol. The third-order valence-corrected chi connectivity index (χ3v) is 9.11. The first-order valence-corrected chi connectivity index (χ1v) is 14.7. The maximum absolute atomic E-state index is 14.5. The average molecular weight is 598 g/mol. The standard InChI is InChI=1S/C25H30ClFN5O7P/c1-12(2)24(34)38-20-9-18(32-11-29-21-22(32)30-25(28)31-23(21)33)13(3)16(20)10-37-40(35)36-7-6-19(39-40)15-8-14(26)4-5-17(15)27/h4-5,8,11-13,16,18-20H,6-7,9-10H2,1-3H3,(H3,28,30,31,33)/t13?,16-,18-,19+,20-,40-/m0/s1. The van der Waals surface area contributed by atoms with Crippen molar-refractivity contribution in [3.63, 3.8) is 0 Å². The summed E-state index contributed by atoms with van der Waals surface area (Å²) in [6.07, 6.45) is 0.607. The number of aromatic amines is 1. The first kappa shape index (κ1) is 28.7. The monoisotopic (exact) mass is 597 g/mol. The van der Waals surface area contributed by atoms with E-state index in [0.29, 0.717) is 17.1 Å². The van der Waals surface area contributed by atoms with E-state index >= 15 is 0 Å². The van der Waals surface area contributed by atoms with Crippen molar-refractivity contribution in [1.29, 1.82) is 0 Å². The second kappa shape index (κ2) is 11.2. The molecular formula is C25H30ClFN5O7P. The first-order chi connectivity index (χ1) is 19.0. The Morgan fingerprint density at radius 2 is 2.17 bits per heavy atom. The van der Waals surface area contributed by atoms with Gasteiger partial charge in [-0.1, -0.05) is 32.4 Å². The van der Waals surface area contributed by atoms with Crippen molar-refractivity contribution in [3.8, 4) is 0 Å². The summed E-state index contributed by atoms with van der Waals surface area (Å²) in [5.41, 5.74) is 5.89. The highest BCUT2D eigenvalue weighted by atomic mass is 35.5. The zero-order chi connectivity index (χ0) is 28.8. The Bertz CT molecular complexity index is 1530. The molecule has 1 aliphatic heterocycles. The maximum Gasteiger partial charge on any atom is 0.475 e. The van der Waals surface area contributed by atoms with Gasteiger partial charge in [0, 0.05) is 35.4 Å². The number of fused-ring (bicyclic) bond motifs is 1. The van der Waals surface area contributed by atoms with Crippen LogP contribution in [0.1, 0.15) is 51.3 Å². The highest BCUT2D eigenvalue weighted by Crippen LogP contribution is 2.58. The Morgan fingerprint density at radius 1 is 1.40 bits per heavy atom. The minimum Gasteiger partial charge on any atom is -0.462 e. The van der Waals surface area contributed by atoms with Gasteiger partial charge >= 0.3 is 13.8 Å². The lowest BCUT2D eigenvalue weighted by molar-refractivity contribution is -0.155. The third kappa shape index (κ3) is 5.66. The molecule has 1 aromatic carbocycles. The molecular weight excluding hydrogens is 568 g/mol. The van der Waals surface area contributed by atoms with Crippen molar-refractivity contribution >= 4 is 42.5 Å². The normalized spacial score (nSPS) is 28.8. The van der Waals surface area contributed by atoms with Gasteiger partial charge in [-0.15, -0.1) is 0 Å². The first-order valence-electron chi connectivity index (χ1n) is 12.9. The predicted octanol–water partition coefficient (Wildman–Crippen LogP) is 4.56. The Hall–Kier alpha value is -2.83. The van der Waals surface area contributed by atoms with Gasteiger partial charge in [0.1, 0.15) is 11.9 Å². The van der Waals surface area contributed by atoms with Crippen molar-refractivity contribution in [3.05, 3.63) is 51.3 Å². The third-order valence-electron chi connectivity index (χ3n) is 7.40. The molecule has 2 fully saturated rings. The number of nitrogens with zero attached hydrogens (tertiary/aromatic N) is 3. The minimum atomic E-state index is -4.10. The number of nitrogens with one attached hydrogen (secondary N) is 1. The molecule has 0 radical (unpaired) electrons. The topological polar surface area (TPSA) is 161 Å². The highest BCUT2D eigenvalue weighted by Gasteiger charge is 2.47. The molecule has 6 atom stereocenters. The summed E-state index contributed by atoms with van der Waals surface area (Å²) in [5.74, 6) is -2.03. The van der Waals surface area contributed by atoms with Gasteiger partial charge in [0.25, 0.3) is 5.56 Å². The Morgan fingerprint density at radius 3 is 2.92 bits per heavy atom. The van der Waals surface area contributed by atoms with Crippen LogP contribution in [0.15, 0.2) is 29.3 Å². The van der Waals surface area contributed by atoms with Gasteiger partial charge in [0.05, 0.1) is 31.6 Å². The van der Waals surface area contributed by atoms with Crippen molar-refractivity contribution < 1.29 is 32.1 Å². The number of carbonyl (C=O) groups excluding carboxylic acids is 1. The lowest BCUT2D eigenvalue weighted by Gasteiger charge is -2.31. The van der Waals surface area contributed by atoms with Gasteiger partial charge in [0.2, 0.25) is 5.95 Å². The SMILES string of the molecule is CC(C)C(=O)O[C@H]1C[C@H](n2cnc3c(=O)[nH]c(N)nc32)C(C)[C@@H]1CO[P@]1(=O)OCC[C@H](c2cc(Cl)ccc2F)O1. The Kier molecular flexibility index (Phi) is 8.04. The number of nitrogens with two attached hydrogens (primary N) is 1. The molecule has 3 N–H and O–H groups in total. The summed E-state index contributed by atoms with van der Waals surface area (Å²) < 4.78 is 52.3. The number of rotatable bonds is 7. The summed E-state index contributed by atoms with van der Waals surface area (Å²) in [6, 6.07) is 3.74. The van der Waals surface area contributed by atoms with E-state index in [4.69, 9.17) is 35.6 Å². The smallest absolute Gasteiger partial charge is 0.462 e. The zero-order valence-corrected chi connectivity index (χ0v) is 23.7. The van der Waals surface area contributed by atoms with Crippen LogP contribution in [0, 0.1) is 23.6 Å².